The van der Waals surface area contributed by atoms with E-state index in [9.17, 15) is 0 Å². The van der Waals surface area contributed by atoms with E-state index >= 15 is 0 Å². The summed E-state index contributed by atoms with van der Waals surface area (Å²) in [4.78, 5) is 4.28. The number of hydrogen-bond acceptors (Lipinski definition) is 3. The summed E-state index contributed by atoms with van der Waals surface area (Å²) in [5, 5.41) is 0. The lowest BCUT2D eigenvalue weighted by atomic mass is 10.2. The third kappa shape index (κ3) is 3.58. The predicted octanol–water partition coefficient (Wildman–Crippen LogP) is 2.43. The fourth-order valence-corrected chi connectivity index (χ4v) is 1.92. The summed E-state index contributed by atoms with van der Waals surface area (Å²) >= 11 is 0. The molecule has 2 N–H and O–H groups in total. The van der Waals surface area contributed by atoms with Crippen LogP contribution in [0.2, 0.25) is 0 Å². The summed E-state index contributed by atoms with van der Waals surface area (Å²) < 4.78 is 7.86. The lowest BCUT2D eigenvalue weighted by Crippen LogP contribution is -2.05. The molecule has 4 heteroatoms. The van der Waals surface area contributed by atoms with Crippen molar-refractivity contribution in [1.29, 1.82) is 0 Å². The van der Waals surface area contributed by atoms with Crippen molar-refractivity contribution >= 4 is 0 Å². The van der Waals surface area contributed by atoms with Gasteiger partial charge < -0.3 is 15.0 Å². The number of aromatic nitrogens is 2. The highest BCUT2D eigenvalue weighted by Crippen LogP contribution is 2.12. The van der Waals surface area contributed by atoms with Gasteiger partial charge in [-0.2, -0.15) is 0 Å². The van der Waals surface area contributed by atoms with Crippen molar-refractivity contribution in [2.24, 2.45) is 5.73 Å². The minimum absolute atomic E-state index is 0.569. The van der Waals surface area contributed by atoms with Crippen LogP contribution in [-0.4, -0.2) is 16.2 Å². The number of imidazole rings is 1. The van der Waals surface area contributed by atoms with Crippen molar-refractivity contribution in [3.63, 3.8) is 0 Å². The maximum Gasteiger partial charge on any atom is 0.119 e. The Morgan fingerprint density at radius 3 is 2.53 bits per heavy atom. The minimum Gasteiger partial charge on any atom is -0.494 e. The average molecular weight is 259 g/mol. The molecule has 0 bridgehead atoms. The largest absolute Gasteiger partial charge is 0.494 e. The molecule has 0 saturated heterocycles. The highest BCUT2D eigenvalue weighted by molar-refractivity contribution is 5.27. The molecule has 0 radical (unpaired) electrons. The van der Waals surface area contributed by atoms with Gasteiger partial charge in [0.25, 0.3) is 0 Å². The number of rotatable bonds is 6. The number of nitrogens with two attached hydrogens (primary N) is 1. The first-order valence-corrected chi connectivity index (χ1v) is 6.61. The first kappa shape index (κ1) is 13.6. The van der Waals surface area contributed by atoms with Gasteiger partial charge in [0.1, 0.15) is 5.75 Å². The highest BCUT2D eigenvalue weighted by Gasteiger charge is 2.01. The first-order chi connectivity index (χ1) is 9.20. The molecule has 2 aromatic rings. The maximum absolute atomic E-state index is 5.70. The van der Waals surface area contributed by atoms with Crippen molar-refractivity contribution < 1.29 is 4.74 Å². The van der Waals surface area contributed by atoms with Gasteiger partial charge in [0.2, 0.25) is 0 Å². The normalized spacial score (nSPS) is 10.7. The number of benzene rings is 1. The van der Waals surface area contributed by atoms with E-state index in [1.54, 1.807) is 0 Å². The molecular formula is C15H21N3O. The van der Waals surface area contributed by atoms with E-state index in [1.807, 2.05) is 37.5 Å². The van der Waals surface area contributed by atoms with E-state index in [2.05, 4.69) is 16.5 Å². The minimum atomic E-state index is 0.569. The Morgan fingerprint density at radius 2 is 1.95 bits per heavy atom. The van der Waals surface area contributed by atoms with Crippen molar-refractivity contribution in [2.75, 3.05) is 6.61 Å². The fourth-order valence-electron chi connectivity index (χ4n) is 1.92. The van der Waals surface area contributed by atoms with Gasteiger partial charge in [-0.3, -0.25) is 0 Å². The molecule has 0 fully saturated rings. The van der Waals surface area contributed by atoms with E-state index in [-0.39, 0.29) is 0 Å². The third-order valence-electron chi connectivity index (χ3n) is 3.32. The van der Waals surface area contributed by atoms with Crippen molar-refractivity contribution in [3.8, 4) is 5.75 Å². The van der Waals surface area contributed by atoms with E-state index in [1.165, 1.54) is 5.69 Å². The molecule has 0 unspecified atom stereocenters. The summed E-state index contributed by atoms with van der Waals surface area (Å²) in [6, 6.07) is 7.93. The molecule has 19 heavy (non-hydrogen) atoms. The van der Waals surface area contributed by atoms with Gasteiger partial charge in [0, 0.05) is 18.8 Å². The van der Waals surface area contributed by atoms with Crippen molar-refractivity contribution in [1.82, 2.24) is 9.55 Å². The number of hydrogen-bond donors (Lipinski definition) is 1. The van der Waals surface area contributed by atoms with Crippen LogP contribution < -0.4 is 10.5 Å². The van der Waals surface area contributed by atoms with Gasteiger partial charge in [-0.15, -0.1) is 0 Å². The van der Waals surface area contributed by atoms with Gasteiger partial charge >= 0.3 is 0 Å². The molecule has 1 aromatic carbocycles. The summed E-state index contributed by atoms with van der Waals surface area (Å²) in [6.45, 7) is 6.34. The molecule has 1 aromatic heterocycles. The highest BCUT2D eigenvalue weighted by atomic mass is 16.5. The summed E-state index contributed by atoms with van der Waals surface area (Å²) in [7, 11) is 0. The summed E-state index contributed by atoms with van der Waals surface area (Å²) in [6.07, 6.45) is 2.86. The molecule has 0 aliphatic carbocycles. The Labute approximate surface area is 114 Å². The molecular weight excluding hydrogens is 238 g/mol. The molecule has 0 aliphatic heterocycles. The second-order valence-electron chi connectivity index (χ2n) is 4.66. The molecule has 0 amide bonds. The Morgan fingerprint density at radius 1 is 1.21 bits per heavy atom. The average Bonchev–Trinajstić information content (AvgIpc) is 2.76. The van der Waals surface area contributed by atoms with E-state index in [0.29, 0.717) is 13.2 Å². The van der Waals surface area contributed by atoms with Crippen LogP contribution in [0.1, 0.15) is 23.4 Å². The molecule has 0 atom stereocenters. The lowest BCUT2D eigenvalue weighted by molar-refractivity contribution is 0.301. The SMILES string of the molecule is Cc1ncn(CCCOc2ccc(CN)cc2)c1C. The van der Waals surface area contributed by atoms with Crippen LogP contribution in [0, 0.1) is 13.8 Å². The van der Waals surface area contributed by atoms with Gasteiger partial charge in [0.05, 0.1) is 18.6 Å². The molecule has 0 saturated carbocycles. The van der Waals surface area contributed by atoms with Crippen LogP contribution in [0.5, 0.6) is 5.75 Å². The zero-order chi connectivity index (χ0) is 13.7. The molecule has 2 rings (SSSR count). The first-order valence-electron chi connectivity index (χ1n) is 6.61. The Hall–Kier alpha value is -1.81. The van der Waals surface area contributed by atoms with Crippen LogP contribution in [0.25, 0.3) is 0 Å². The van der Waals surface area contributed by atoms with Crippen LogP contribution >= 0.6 is 0 Å². The van der Waals surface area contributed by atoms with Gasteiger partial charge in [0.15, 0.2) is 0 Å². The molecule has 102 valence electrons. The predicted molar refractivity (Wildman–Crippen MR) is 76.1 cm³/mol. The van der Waals surface area contributed by atoms with Crippen molar-refractivity contribution in [3.05, 3.63) is 47.5 Å². The Kier molecular flexibility index (Phi) is 4.58. The van der Waals surface area contributed by atoms with Gasteiger partial charge in [-0.05, 0) is 38.0 Å². The topological polar surface area (TPSA) is 53.1 Å². The molecule has 4 nitrogen and oxygen atoms in total. The lowest BCUT2D eigenvalue weighted by Gasteiger charge is -2.08. The Balaban J connectivity index is 1.76. The third-order valence-corrected chi connectivity index (χ3v) is 3.32. The van der Waals surface area contributed by atoms with Crippen LogP contribution in [0.4, 0.5) is 0 Å². The summed E-state index contributed by atoms with van der Waals surface area (Å²) in [5.41, 5.74) is 9.00. The smallest absolute Gasteiger partial charge is 0.119 e. The van der Waals surface area contributed by atoms with E-state index in [4.69, 9.17) is 10.5 Å². The molecule has 0 spiro atoms. The fraction of sp³-hybridized carbons (Fsp3) is 0.400. The molecule has 1 heterocycles. The number of ether oxygens (including phenoxy) is 1. The number of nitrogens with zero attached hydrogens (tertiary/aromatic N) is 2. The monoisotopic (exact) mass is 259 g/mol. The van der Waals surface area contributed by atoms with Crippen LogP contribution in [0.3, 0.4) is 0 Å². The van der Waals surface area contributed by atoms with Crippen molar-refractivity contribution in [2.45, 2.75) is 33.4 Å². The zero-order valence-electron chi connectivity index (χ0n) is 11.6. The zero-order valence-corrected chi connectivity index (χ0v) is 11.6. The van der Waals surface area contributed by atoms with Crippen LogP contribution in [0.15, 0.2) is 30.6 Å². The molecule has 0 aliphatic rings. The van der Waals surface area contributed by atoms with Gasteiger partial charge in [-0.25, -0.2) is 4.98 Å². The van der Waals surface area contributed by atoms with Gasteiger partial charge in [-0.1, -0.05) is 12.1 Å². The number of aryl methyl sites for hydroxylation is 2. The second-order valence-corrected chi connectivity index (χ2v) is 4.66. The standard InChI is InChI=1S/C15H21N3O/c1-12-13(2)18(11-17-12)8-3-9-19-15-6-4-14(10-16)5-7-15/h4-7,11H,3,8-10,16H2,1-2H3. The summed E-state index contributed by atoms with van der Waals surface area (Å²) in [5.74, 6) is 0.899. The van der Waals surface area contributed by atoms with E-state index in [0.717, 1.165) is 30.0 Å². The quantitative estimate of drug-likeness (QED) is 0.811. The maximum atomic E-state index is 5.70. The van der Waals surface area contributed by atoms with Crippen LogP contribution in [-0.2, 0) is 13.1 Å². The second kappa shape index (κ2) is 6.38. The van der Waals surface area contributed by atoms with E-state index < -0.39 is 0 Å². The Bertz CT molecular complexity index is 517.